The van der Waals surface area contributed by atoms with Gasteiger partial charge in [-0.15, -0.1) is 69.1 Å². The van der Waals surface area contributed by atoms with Gasteiger partial charge in [0.1, 0.15) is 0 Å². The van der Waals surface area contributed by atoms with Crippen molar-refractivity contribution in [1.82, 2.24) is 0 Å². The summed E-state index contributed by atoms with van der Waals surface area (Å²) in [6.45, 7) is 17.7. The van der Waals surface area contributed by atoms with Crippen molar-refractivity contribution < 1.29 is 20.8 Å². The molecule has 46 heavy (non-hydrogen) atoms. The molecule has 238 valence electrons. The number of halogens is 2. The zero-order chi connectivity index (χ0) is 33.6. The second-order valence-corrected chi connectivity index (χ2v) is 16.9. The molecule has 0 aliphatic rings. The third-order valence-electron chi connectivity index (χ3n) is 8.21. The standard InChI is InChI=1S/2C20H21.C2H6Si.2ClH.Zr/c2*1-4-15-12-18-6-5-7-19(20(18)13-15)17-10-8-16(9-11-17)14(2)3;1-3-2;;;/h2*5-14H,4H2,1-3H3;1-2H3;2*1H;/q2*-1;;;;+4/p-2. The van der Waals surface area contributed by atoms with E-state index in [4.69, 9.17) is 17.0 Å². The Morgan fingerprint density at radius 3 is 1.20 bits per heavy atom. The fourth-order valence-electron chi connectivity index (χ4n) is 5.60. The molecular weight excluding hydrogens is 695 g/mol. The minimum absolute atomic E-state index is 0.588. The Hall–Kier alpha value is -2.22. The topological polar surface area (TPSA) is 0 Å². The van der Waals surface area contributed by atoms with Crippen LogP contribution in [-0.4, -0.2) is 9.52 Å². The van der Waals surface area contributed by atoms with Crippen LogP contribution < -0.4 is 0 Å². The molecule has 0 spiro atoms. The molecule has 0 nitrogen and oxygen atoms in total. The van der Waals surface area contributed by atoms with Gasteiger partial charge in [0.05, 0.1) is 0 Å². The van der Waals surface area contributed by atoms with Crippen LogP contribution in [-0.2, 0) is 33.7 Å². The second kappa shape index (κ2) is 19.6. The van der Waals surface area contributed by atoms with Gasteiger partial charge < -0.3 is 0 Å². The van der Waals surface area contributed by atoms with Crippen molar-refractivity contribution in [2.75, 3.05) is 0 Å². The second-order valence-electron chi connectivity index (χ2n) is 12.2. The molecule has 0 amide bonds. The molecular formula is C42H48Cl2SiZr. The van der Waals surface area contributed by atoms with E-state index < -0.39 is 20.8 Å². The normalized spacial score (nSPS) is 10.5. The van der Waals surface area contributed by atoms with Crippen molar-refractivity contribution in [3.8, 4) is 22.3 Å². The molecule has 0 heterocycles. The molecule has 0 aromatic heterocycles. The average Bonchev–Trinajstić information content (AvgIpc) is 3.70. The molecule has 0 atom stereocenters. The van der Waals surface area contributed by atoms with Gasteiger partial charge in [-0.25, -0.2) is 0 Å². The van der Waals surface area contributed by atoms with Gasteiger partial charge in [-0.2, -0.15) is 12.1 Å². The third kappa shape index (κ3) is 10.4. The quantitative estimate of drug-likeness (QED) is 0.118. The number of hydrogen-bond donors (Lipinski definition) is 0. The van der Waals surface area contributed by atoms with Crippen LogP contribution in [0, 0.1) is 0 Å². The Morgan fingerprint density at radius 1 is 0.587 bits per heavy atom. The number of benzene rings is 4. The molecule has 6 rings (SSSR count). The molecule has 6 aromatic carbocycles. The van der Waals surface area contributed by atoms with E-state index in [1.165, 1.54) is 66.1 Å². The van der Waals surface area contributed by atoms with Crippen LogP contribution in [0.5, 0.6) is 0 Å². The van der Waals surface area contributed by atoms with Gasteiger partial charge in [0.2, 0.25) is 0 Å². The average molecular weight is 743 g/mol. The number of rotatable bonds is 6. The van der Waals surface area contributed by atoms with Crippen molar-refractivity contribution in [3.05, 3.63) is 131 Å². The molecule has 0 fully saturated rings. The summed E-state index contributed by atoms with van der Waals surface area (Å²) in [4.78, 5) is 0. The molecule has 0 unspecified atom stereocenters. The summed E-state index contributed by atoms with van der Waals surface area (Å²) < 4.78 is 0. The molecule has 6 aromatic rings. The van der Waals surface area contributed by atoms with E-state index in [2.05, 4.69) is 164 Å². The van der Waals surface area contributed by atoms with Crippen LogP contribution >= 0.6 is 17.0 Å². The Balaban J connectivity index is 0.000000214. The fourth-order valence-corrected chi connectivity index (χ4v) is 5.60. The van der Waals surface area contributed by atoms with Crippen LogP contribution in [0.25, 0.3) is 43.8 Å². The summed E-state index contributed by atoms with van der Waals surface area (Å²) in [5.41, 5.74) is 11.0. The summed E-state index contributed by atoms with van der Waals surface area (Å²) in [6.07, 6.45) is 2.20. The first kappa shape index (κ1) is 38.2. The zero-order valence-corrected chi connectivity index (χ0v) is 33.7. The van der Waals surface area contributed by atoms with Gasteiger partial charge in [0, 0.05) is 9.52 Å². The van der Waals surface area contributed by atoms with Crippen molar-refractivity contribution >= 4 is 48.1 Å². The van der Waals surface area contributed by atoms with Crippen LogP contribution in [0.1, 0.15) is 75.6 Å². The Labute approximate surface area is 299 Å². The molecule has 2 radical (unpaired) electrons. The molecule has 0 N–H and O–H groups in total. The first-order valence-corrected chi connectivity index (χ1v) is 24.7. The van der Waals surface area contributed by atoms with Crippen molar-refractivity contribution in [3.63, 3.8) is 0 Å². The van der Waals surface area contributed by atoms with Gasteiger partial charge >= 0.3 is 37.9 Å². The van der Waals surface area contributed by atoms with Crippen molar-refractivity contribution in [2.24, 2.45) is 0 Å². The zero-order valence-electron chi connectivity index (χ0n) is 28.7. The van der Waals surface area contributed by atoms with E-state index >= 15 is 0 Å². The Morgan fingerprint density at radius 2 is 0.913 bits per heavy atom. The van der Waals surface area contributed by atoms with Crippen LogP contribution in [0.2, 0.25) is 13.1 Å². The predicted molar refractivity (Wildman–Crippen MR) is 206 cm³/mol. The number of hydrogen-bond acceptors (Lipinski definition) is 0. The fraction of sp³-hybridized carbons (Fsp3) is 0.286. The van der Waals surface area contributed by atoms with Crippen LogP contribution in [0.15, 0.2) is 109 Å². The van der Waals surface area contributed by atoms with E-state index in [0.29, 0.717) is 11.8 Å². The van der Waals surface area contributed by atoms with E-state index in [0.717, 1.165) is 22.4 Å². The Kier molecular flexibility index (Phi) is 16.3. The van der Waals surface area contributed by atoms with Gasteiger partial charge in [-0.3, -0.25) is 0 Å². The summed E-state index contributed by atoms with van der Waals surface area (Å²) in [5, 5.41) is 5.46. The molecule has 0 aliphatic carbocycles. The van der Waals surface area contributed by atoms with E-state index in [1.807, 2.05) is 0 Å². The molecule has 0 saturated heterocycles. The molecule has 0 aliphatic heterocycles. The van der Waals surface area contributed by atoms with Crippen LogP contribution in [0.3, 0.4) is 0 Å². The van der Waals surface area contributed by atoms with Crippen LogP contribution in [0.4, 0.5) is 0 Å². The first-order valence-electron chi connectivity index (χ1n) is 16.3. The predicted octanol–water partition coefficient (Wildman–Crippen LogP) is 14.0. The maximum absolute atomic E-state index is 4.93. The van der Waals surface area contributed by atoms with Gasteiger partial charge in [-0.05, 0) is 46.9 Å². The van der Waals surface area contributed by atoms with Gasteiger partial charge in [-0.1, -0.05) is 126 Å². The SMILES string of the molecule is CCc1cc2c(-c3ccc(C(C)C)cc3)cccc2[cH-]1.CCc1cc2c(-c3ccc(C(C)C)cc3)cccc2[cH-]1.C[Si]C.[Cl][Zr+2][Cl]. The minimum atomic E-state index is -0.826. The number of fused-ring (bicyclic) bond motifs is 2. The summed E-state index contributed by atoms with van der Waals surface area (Å²) >= 11 is -0.826. The maximum atomic E-state index is 4.93. The summed E-state index contributed by atoms with van der Waals surface area (Å²) in [5.74, 6) is 1.18. The van der Waals surface area contributed by atoms with E-state index in [1.54, 1.807) is 0 Å². The van der Waals surface area contributed by atoms with Gasteiger partial charge in [0.15, 0.2) is 0 Å². The van der Waals surface area contributed by atoms with Crippen molar-refractivity contribution in [2.45, 2.75) is 79.3 Å². The van der Waals surface area contributed by atoms with E-state index in [-0.39, 0.29) is 0 Å². The molecule has 4 heteroatoms. The Bertz CT molecular complexity index is 1610. The van der Waals surface area contributed by atoms with Gasteiger partial charge in [0.25, 0.3) is 0 Å². The molecule has 0 bridgehead atoms. The first-order chi connectivity index (χ1) is 22.2. The summed E-state index contributed by atoms with van der Waals surface area (Å²) in [6, 6.07) is 40.5. The monoisotopic (exact) mass is 740 g/mol. The number of aryl methyl sites for hydroxylation is 2. The summed E-state index contributed by atoms with van der Waals surface area (Å²) in [7, 11) is 11.0. The third-order valence-corrected chi connectivity index (χ3v) is 8.21. The molecule has 0 saturated carbocycles. The van der Waals surface area contributed by atoms with Crippen molar-refractivity contribution in [1.29, 1.82) is 0 Å². The van der Waals surface area contributed by atoms with E-state index in [9.17, 15) is 0 Å².